The van der Waals surface area contributed by atoms with Crippen molar-refractivity contribution < 1.29 is 14.3 Å². The van der Waals surface area contributed by atoms with E-state index in [4.69, 9.17) is 9.47 Å². The number of carbonyl (C=O) groups excluding carboxylic acids is 1. The van der Waals surface area contributed by atoms with Gasteiger partial charge in [0.1, 0.15) is 0 Å². The van der Waals surface area contributed by atoms with Gasteiger partial charge < -0.3 is 19.7 Å². The fourth-order valence-corrected chi connectivity index (χ4v) is 2.39. The van der Waals surface area contributed by atoms with Gasteiger partial charge in [-0.2, -0.15) is 0 Å². The molecule has 1 aromatic rings. The molecule has 21 heavy (non-hydrogen) atoms. The van der Waals surface area contributed by atoms with Gasteiger partial charge in [-0.05, 0) is 12.5 Å². The predicted octanol–water partition coefficient (Wildman–Crippen LogP) is 1.68. The van der Waals surface area contributed by atoms with Crippen LogP contribution in [0.15, 0.2) is 30.3 Å². The summed E-state index contributed by atoms with van der Waals surface area (Å²) in [5, 5.41) is 2.88. The van der Waals surface area contributed by atoms with Crippen LogP contribution in [-0.4, -0.2) is 56.5 Å². The van der Waals surface area contributed by atoms with Crippen LogP contribution in [0.3, 0.4) is 0 Å². The number of nitrogens with one attached hydrogen (secondary N) is 1. The average Bonchev–Trinajstić information content (AvgIpc) is 2.53. The fourth-order valence-electron chi connectivity index (χ4n) is 2.39. The highest BCUT2D eigenvalue weighted by atomic mass is 16.5. The van der Waals surface area contributed by atoms with Gasteiger partial charge in [0, 0.05) is 32.7 Å². The molecule has 1 heterocycles. The van der Waals surface area contributed by atoms with Crippen LogP contribution in [-0.2, 0) is 15.9 Å². The SMILES string of the molecule is CCOCCNC(=O)N1CCO[C@H](Cc2ccccc2)C1. The predicted molar refractivity (Wildman–Crippen MR) is 81.4 cm³/mol. The molecule has 1 saturated heterocycles. The zero-order chi connectivity index (χ0) is 14.9. The van der Waals surface area contributed by atoms with Crippen LogP contribution in [0.2, 0.25) is 0 Å². The van der Waals surface area contributed by atoms with Crippen LogP contribution in [0.25, 0.3) is 0 Å². The minimum Gasteiger partial charge on any atom is -0.380 e. The molecular weight excluding hydrogens is 268 g/mol. The number of urea groups is 1. The summed E-state index contributed by atoms with van der Waals surface area (Å²) in [5.41, 5.74) is 1.24. The molecular formula is C16H24N2O3. The molecule has 0 unspecified atom stereocenters. The van der Waals surface area contributed by atoms with Gasteiger partial charge in [0.2, 0.25) is 0 Å². The number of hydrogen-bond donors (Lipinski definition) is 1. The third-order valence-corrected chi connectivity index (χ3v) is 3.46. The van der Waals surface area contributed by atoms with Crippen LogP contribution < -0.4 is 5.32 Å². The van der Waals surface area contributed by atoms with E-state index in [-0.39, 0.29) is 12.1 Å². The second-order valence-electron chi connectivity index (χ2n) is 5.06. The summed E-state index contributed by atoms with van der Waals surface area (Å²) in [6.45, 7) is 5.59. The first kappa shape index (κ1) is 15.8. The Morgan fingerprint density at radius 2 is 2.24 bits per heavy atom. The molecule has 2 amide bonds. The number of hydrogen-bond acceptors (Lipinski definition) is 3. The van der Waals surface area contributed by atoms with Gasteiger partial charge in [-0.3, -0.25) is 0 Å². The van der Waals surface area contributed by atoms with Gasteiger partial charge in [-0.1, -0.05) is 30.3 Å². The normalized spacial score (nSPS) is 18.5. The van der Waals surface area contributed by atoms with Crippen molar-refractivity contribution in [3.8, 4) is 0 Å². The molecule has 0 saturated carbocycles. The highest BCUT2D eigenvalue weighted by Gasteiger charge is 2.24. The van der Waals surface area contributed by atoms with E-state index in [1.165, 1.54) is 5.56 Å². The monoisotopic (exact) mass is 292 g/mol. The highest BCUT2D eigenvalue weighted by Crippen LogP contribution is 2.11. The fraction of sp³-hybridized carbons (Fsp3) is 0.562. The maximum Gasteiger partial charge on any atom is 0.317 e. The lowest BCUT2D eigenvalue weighted by Crippen LogP contribution is -2.50. The summed E-state index contributed by atoms with van der Waals surface area (Å²) in [6.07, 6.45) is 0.905. The Morgan fingerprint density at radius 1 is 1.43 bits per heavy atom. The van der Waals surface area contributed by atoms with Crippen molar-refractivity contribution in [1.29, 1.82) is 0 Å². The number of amides is 2. The maximum absolute atomic E-state index is 12.1. The first-order chi connectivity index (χ1) is 10.3. The van der Waals surface area contributed by atoms with Gasteiger partial charge >= 0.3 is 6.03 Å². The number of nitrogens with zero attached hydrogens (tertiary/aromatic N) is 1. The molecule has 0 bridgehead atoms. The second kappa shape index (κ2) is 8.64. The maximum atomic E-state index is 12.1. The van der Waals surface area contributed by atoms with Crippen molar-refractivity contribution in [3.05, 3.63) is 35.9 Å². The first-order valence-corrected chi connectivity index (χ1v) is 7.55. The molecule has 0 aromatic heterocycles. The number of benzene rings is 1. The molecule has 1 aromatic carbocycles. The van der Waals surface area contributed by atoms with Crippen LogP contribution in [0.1, 0.15) is 12.5 Å². The van der Waals surface area contributed by atoms with Gasteiger partial charge in [-0.25, -0.2) is 4.79 Å². The molecule has 0 aliphatic carbocycles. The minimum atomic E-state index is -0.0314. The number of ether oxygens (including phenoxy) is 2. The van der Waals surface area contributed by atoms with Crippen molar-refractivity contribution in [2.24, 2.45) is 0 Å². The second-order valence-corrected chi connectivity index (χ2v) is 5.06. The van der Waals surface area contributed by atoms with E-state index in [2.05, 4.69) is 17.4 Å². The Morgan fingerprint density at radius 3 is 3.00 bits per heavy atom. The summed E-state index contributed by atoms with van der Waals surface area (Å²) in [6, 6.07) is 10.2. The highest BCUT2D eigenvalue weighted by molar-refractivity contribution is 5.74. The number of rotatable bonds is 6. The lowest BCUT2D eigenvalue weighted by Gasteiger charge is -2.33. The van der Waals surface area contributed by atoms with Gasteiger partial charge in [-0.15, -0.1) is 0 Å². The van der Waals surface area contributed by atoms with Crippen LogP contribution in [0.4, 0.5) is 4.79 Å². The summed E-state index contributed by atoms with van der Waals surface area (Å²) in [7, 11) is 0. The largest absolute Gasteiger partial charge is 0.380 e. The van der Waals surface area contributed by atoms with Crippen molar-refractivity contribution in [2.75, 3.05) is 39.5 Å². The van der Waals surface area contributed by atoms with Crippen molar-refractivity contribution >= 4 is 6.03 Å². The van der Waals surface area contributed by atoms with E-state index < -0.39 is 0 Å². The van der Waals surface area contributed by atoms with Gasteiger partial charge in [0.05, 0.1) is 19.3 Å². The van der Waals surface area contributed by atoms with E-state index in [1.54, 1.807) is 0 Å². The third-order valence-electron chi connectivity index (χ3n) is 3.46. The molecule has 5 heteroatoms. The quantitative estimate of drug-likeness (QED) is 0.812. The standard InChI is InChI=1S/C16H24N2O3/c1-2-20-10-8-17-16(19)18-9-11-21-15(13-18)12-14-6-4-3-5-7-14/h3-7,15H,2,8-13H2,1H3,(H,17,19)/t15-/m1/s1. The van der Waals surface area contributed by atoms with E-state index >= 15 is 0 Å². The Balaban J connectivity index is 1.76. The minimum absolute atomic E-state index is 0.0314. The lowest BCUT2D eigenvalue weighted by atomic mass is 10.1. The van der Waals surface area contributed by atoms with Crippen LogP contribution in [0, 0.1) is 0 Å². The van der Waals surface area contributed by atoms with E-state index in [9.17, 15) is 4.79 Å². The molecule has 0 radical (unpaired) electrons. The molecule has 5 nitrogen and oxygen atoms in total. The molecule has 1 atom stereocenters. The van der Waals surface area contributed by atoms with Crippen molar-refractivity contribution in [2.45, 2.75) is 19.4 Å². The Labute approximate surface area is 126 Å². The van der Waals surface area contributed by atoms with Gasteiger partial charge in [0.25, 0.3) is 0 Å². The first-order valence-electron chi connectivity index (χ1n) is 7.55. The van der Waals surface area contributed by atoms with Gasteiger partial charge in [0.15, 0.2) is 0 Å². The van der Waals surface area contributed by atoms with Crippen LogP contribution >= 0.6 is 0 Å². The number of carbonyl (C=O) groups is 1. The molecule has 2 rings (SSSR count). The number of morpholine rings is 1. The van der Waals surface area contributed by atoms with Crippen molar-refractivity contribution in [1.82, 2.24) is 10.2 Å². The smallest absolute Gasteiger partial charge is 0.317 e. The Hall–Kier alpha value is -1.59. The molecule has 116 valence electrons. The third kappa shape index (κ3) is 5.36. The van der Waals surface area contributed by atoms with Crippen molar-refractivity contribution in [3.63, 3.8) is 0 Å². The topological polar surface area (TPSA) is 50.8 Å². The van der Waals surface area contributed by atoms with Crippen LogP contribution in [0.5, 0.6) is 0 Å². The Bertz CT molecular complexity index is 425. The van der Waals surface area contributed by atoms with E-state index in [0.29, 0.717) is 39.5 Å². The molecule has 0 spiro atoms. The average molecular weight is 292 g/mol. The molecule has 1 aliphatic heterocycles. The lowest BCUT2D eigenvalue weighted by molar-refractivity contribution is -0.0134. The zero-order valence-electron chi connectivity index (χ0n) is 12.6. The molecule has 1 N–H and O–H groups in total. The summed E-state index contributed by atoms with van der Waals surface area (Å²) >= 11 is 0. The summed E-state index contributed by atoms with van der Waals surface area (Å²) < 4.78 is 11.0. The van der Waals surface area contributed by atoms with E-state index in [1.807, 2.05) is 30.0 Å². The molecule has 1 aliphatic rings. The summed E-state index contributed by atoms with van der Waals surface area (Å²) in [5.74, 6) is 0. The zero-order valence-corrected chi connectivity index (χ0v) is 12.6. The molecule has 1 fully saturated rings. The Kier molecular flexibility index (Phi) is 6.50. The van der Waals surface area contributed by atoms with E-state index in [0.717, 1.165) is 6.42 Å². The summed E-state index contributed by atoms with van der Waals surface area (Å²) in [4.78, 5) is 13.9.